The van der Waals surface area contributed by atoms with E-state index in [9.17, 15) is 0 Å². The minimum absolute atomic E-state index is 0.491. The number of rotatable bonds is 6. The van der Waals surface area contributed by atoms with Crippen LogP contribution in [-0.4, -0.2) is 12.7 Å². The minimum atomic E-state index is 0.491. The maximum Gasteiger partial charge on any atom is 0.0580 e. The minimum Gasteiger partial charge on any atom is -0.378 e. The van der Waals surface area contributed by atoms with Crippen LogP contribution in [0, 0.1) is 18.8 Å². The first kappa shape index (κ1) is 16.3. The molecule has 2 rings (SSSR count). The summed E-state index contributed by atoms with van der Waals surface area (Å²) >= 11 is 0. The summed E-state index contributed by atoms with van der Waals surface area (Å²) in [4.78, 5) is 0. The molecule has 1 saturated heterocycles. The van der Waals surface area contributed by atoms with E-state index in [1.54, 1.807) is 0 Å². The van der Waals surface area contributed by atoms with Crippen LogP contribution in [0.25, 0.3) is 6.08 Å². The SMILES string of the molecule is C=Cc1cc(CCC(C)CC2CC(C)CCO2)ccc1C. The lowest BCUT2D eigenvalue weighted by Gasteiger charge is -2.29. The van der Waals surface area contributed by atoms with E-state index in [-0.39, 0.29) is 0 Å². The average Bonchev–Trinajstić information content (AvgIpc) is 2.46. The van der Waals surface area contributed by atoms with Crippen molar-refractivity contribution in [2.75, 3.05) is 6.61 Å². The first-order valence-electron chi connectivity index (χ1n) is 8.42. The van der Waals surface area contributed by atoms with Gasteiger partial charge in [0.05, 0.1) is 6.10 Å². The van der Waals surface area contributed by atoms with Crippen LogP contribution in [0.3, 0.4) is 0 Å². The van der Waals surface area contributed by atoms with Gasteiger partial charge >= 0.3 is 0 Å². The number of hydrogen-bond donors (Lipinski definition) is 0. The molecule has 1 aromatic carbocycles. The zero-order valence-corrected chi connectivity index (χ0v) is 13.9. The number of ether oxygens (including phenoxy) is 1. The van der Waals surface area contributed by atoms with E-state index in [1.807, 2.05) is 6.08 Å². The van der Waals surface area contributed by atoms with Crippen molar-refractivity contribution in [1.82, 2.24) is 0 Å². The van der Waals surface area contributed by atoms with Crippen molar-refractivity contribution in [2.24, 2.45) is 11.8 Å². The fraction of sp³-hybridized carbons (Fsp3) is 0.600. The van der Waals surface area contributed by atoms with Gasteiger partial charge in [-0.3, -0.25) is 0 Å². The van der Waals surface area contributed by atoms with Crippen molar-refractivity contribution in [3.63, 3.8) is 0 Å². The third kappa shape index (κ3) is 5.00. The van der Waals surface area contributed by atoms with E-state index in [1.165, 1.54) is 42.4 Å². The fourth-order valence-electron chi connectivity index (χ4n) is 3.28. The molecule has 0 bridgehead atoms. The Morgan fingerprint density at radius 3 is 2.95 bits per heavy atom. The number of benzene rings is 1. The smallest absolute Gasteiger partial charge is 0.0580 e. The molecule has 1 fully saturated rings. The van der Waals surface area contributed by atoms with Gasteiger partial charge in [0.15, 0.2) is 0 Å². The third-order valence-corrected chi connectivity index (χ3v) is 4.78. The molecule has 0 aromatic heterocycles. The van der Waals surface area contributed by atoms with Crippen LogP contribution in [0.4, 0.5) is 0 Å². The molecular formula is C20H30O. The Bertz CT molecular complexity index is 463. The Morgan fingerprint density at radius 2 is 2.24 bits per heavy atom. The van der Waals surface area contributed by atoms with Gasteiger partial charge in [0.25, 0.3) is 0 Å². The zero-order chi connectivity index (χ0) is 15.2. The van der Waals surface area contributed by atoms with Crippen molar-refractivity contribution in [3.05, 3.63) is 41.5 Å². The Hall–Kier alpha value is -1.08. The van der Waals surface area contributed by atoms with E-state index in [4.69, 9.17) is 4.74 Å². The van der Waals surface area contributed by atoms with E-state index < -0.39 is 0 Å². The van der Waals surface area contributed by atoms with Crippen molar-refractivity contribution in [3.8, 4) is 0 Å². The van der Waals surface area contributed by atoms with Crippen LogP contribution in [0.15, 0.2) is 24.8 Å². The second-order valence-corrected chi connectivity index (χ2v) is 6.90. The quantitative estimate of drug-likeness (QED) is 0.679. The molecule has 0 N–H and O–H groups in total. The Morgan fingerprint density at radius 1 is 1.43 bits per heavy atom. The molecule has 1 aliphatic rings. The maximum absolute atomic E-state index is 5.91. The van der Waals surface area contributed by atoms with E-state index in [2.05, 4.69) is 45.5 Å². The molecule has 3 unspecified atom stereocenters. The summed E-state index contributed by atoms with van der Waals surface area (Å²) in [6.45, 7) is 11.7. The molecule has 0 spiro atoms. The largest absolute Gasteiger partial charge is 0.378 e. The first-order valence-corrected chi connectivity index (χ1v) is 8.42. The summed E-state index contributed by atoms with van der Waals surface area (Å²) in [5, 5.41) is 0. The van der Waals surface area contributed by atoms with Gasteiger partial charge in [-0.05, 0) is 67.6 Å². The van der Waals surface area contributed by atoms with E-state index in [0.29, 0.717) is 6.10 Å². The lowest BCUT2D eigenvalue weighted by atomic mass is 9.89. The van der Waals surface area contributed by atoms with Gasteiger partial charge in [-0.25, -0.2) is 0 Å². The Kier molecular flexibility index (Phi) is 6.05. The molecule has 116 valence electrons. The highest BCUT2D eigenvalue weighted by Gasteiger charge is 2.21. The lowest BCUT2D eigenvalue weighted by Crippen LogP contribution is -2.26. The van der Waals surface area contributed by atoms with Gasteiger partial charge in [-0.15, -0.1) is 0 Å². The Balaban J connectivity index is 1.80. The van der Waals surface area contributed by atoms with Crippen LogP contribution in [0.2, 0.25) is 0 Å². The van der Waals surface area contributed by atoms with Gasteiger partial charge in [-0.1, -0.05) is 44.7 Å². The van der Waals surface area contributed by atoms with Gasteiger partial charge in [0, 0.05) is 6.61 Å². The summed E-state index contributed by atoms with van der Waals surface area (Å²) in [7, 11) is 0. The van der Waals surface area contributed by atoms with Crippen LogP contribution >= 0.6 is 0 Å². The maximum atomic E-state index is 5.91. The summed E-state index contributed by atoms with van der Waals surface area (Å²) in [5.41, 5.74) is 4.01. The zero-order valence-electron chi connectivity index (χ0n) is 13.9. The molecular weight excluding hydrogens is 256 g/mol. The molecule has 21 heavy (non-hydrogen) atoms. The molecule has 1 nitrogen and oxygen atoms in total. The van der Waals surface area contributed by atoms with Crippen LogP contribution in [0.1, 0.15) is 56.2 Å². The van der Waals surface area contributed by atoms with Crippen molar-refractivity contribution >= 4 is 6.08 Å². The highest BCUT2D eigenvalue weighted by molar-refractivity contribution is 5.52. The monoisotopic (exact) mass is 286 g/mol. The molecule has 0 radical (unpaired) electrons. The molecule has 1 aromatic rings. The predicted octanol–water partition coefficient (Wildman–Crippen LogP) is 5.41. The van der Waals surface area contributed by atoms with Crippen LogP contribution in [0.5, 0.6) is 0 Å². The van der Waals surface area contributed by atoms with Crippen LogP contribution in [-0.2, 0) is 11.2 Å². The second kappa shape index (κ2) is 7.79. The third-order valence-electron chi connectivity index (χ3n) is 4.78. The first-order chi connectivity index (χ1) is 10.1. The standard InChI is InChI=1S/C20H30O/c1-5-19-14-18(9-7-17(19)4)8-6-15(2)12-20-13-16(3)10-11-21-20/h5,7,9,14-16,20H,1,6,8,10-13H2,2-4H3. The van der Waals surface area contributed by atoms with Gasteiger partial charge < -0.3 is 4.74 Å². The van der Waals surface area contributed by atoms with Crippen molar-refractivity contribution < 1.29 is 4.74 Å². The second-order valence-electron chi connectivity index (χ2n) is 6.90. The summed E-state index contributed by atoms with van der Waals surface area (Å²) in [6, 6.07) is 6.76. The lowest BCUT2D eigenvalue weighted by molar-refractivity contribution is -0.0172. The van der Waals surface area contributed by atoms with Gasteiger partial charge in [0.2, 0.25) is 0 Å². The normalized spacial score (nSPS) is 23.8. The van der Waals surface area contributed by atoms with Gasteiger partial charge in [-0.2, -0.15) is 0 Å². The van der Waals surface area contributed by atoms with E-state index in [0.717, 1.165) is 24.9 Å². The number of hydrogen-bond acceptors (Lipinski definition) is 1. The molecule has 0 aliphatic carbocycles. The molecule has 1 heteroatoms. The molecule has 0 saturated carbocycles. The highest BCUT2D eigenvalue weighted by atomic mass is 16.5. The predicted molar refractivity (Wildman–Crippen MR) is 91.5 cm³/mol. The van der Waals surface area contributed by atoms with Crippen molar-refractivity contribution in [2.45, 2.75) is 59.0 Å². The van der Waals surface area contributed by atoms with Crippen molar-refractivity contribution in [1.29, 1.82) is 0 Å². The Labute approximate surface area is 130 Å². The van der Waals surface area contributed by atoms with Gasteiger partial charge in [0.1, 0.15) is 0 Å². The van der Waals surface area contributed by atoms with Crippen LogP contribution < -0.4 is 0 Å². The highest BCUT2D eigenvalue weighted by Crippen LogP contribution is 2.26. The average molecular weight is 286 g/mol. The van der Waals surface area contributed by atoms with E-state index >= 15 is 0 Å². The molecule has 0 amide bonds. The number of aryl methyl sites for hydroxylation is 2. The summed E-state index contributed by atoms with van der Waals surface area (Å²) in [6.07, 6.45) is 8.54. The fourth-order valence-corrected chi connectivity index (χ4v) is 3.28. The molecule has 1 heterocycles. The summed E-state index contributed by atoms with van der Waals surface area (Å²) in [5.74, 6) is 1.57. The summed E-state index contributed by atoms with van der Waals surface area (Å²) < 4.78 is 5.91. The molecule has 3 atom stereocenters. The molecule has 1 aliphatic heterocycles. The topological polar surface area (TPSA) is 9.23 Å².